The van der Waals surface area contributed by atoms with Crippen molar-refractivity contribution in [2.24, 2.45) is 0 Å². The Kier molecular flexibility index (Phi) is 5.59. The molecule has 2 N–H and O–H groups in total. The van der Waals surface area contributed by atoms with Crippen LogP contribution in [-0.4, -0.2) is 33.7 Å². The van der Waals surface area contributed by atoms with E-state index in [1.165, 1.54) is 0 Å². The first-order valence-corrected chi connectivity index (χ1v) is 9.80. The number of amides is 1. The maximum atomic E-state index is 12.6. The van der Waals surface area contributed by atoms with E-state index in [4.69, 9.17) is 13.9 Å². The summed E-state index contributed by atoms with van der Waals surface area (Å²) in [4.78, 5) is 13.6. The molecule has 4 aromatic rings. The van der Waals surface area contributed by atoms with E-state index in [0.717, 1.165) is 49.6 Å². The monoisotopic (exact) mass is 405 g/mol. The van der Waals surface area contributed by atoms with Gasteiger partial charge in [0.25, 0.3) is 5.91 Å². The topological polar surface area (TPSA) is 65.1 Å². The van der Waals surface area contributed by atoms with Crippen LogP contribution in [0, 0.1) is 0 Å². The number of furan rings is 1. The molecule has 0 fully saturated rings. The van der Waals surface area contributed by atoms with Crippen LogP contribution < -0.4 is 19.7 Å². The summed E-state index contributed by atoms with van der Waals surface area (Å²) in [6.45, 7) is 0.991. The van der Waals surface area contributed by atoms with Gasteiger partial charge in [-0.3, -0.25) is 4.79 Å². The third-order valence-corrected chi connectivity index (χ3v) is 5.11. The number of anilines is 1. The summed E-state index contributed by atoms with van der Waals surface area (Å²) in [5, 5.41) is 5.03. The Morgan fingerprint density at radius 1 is 0.967 bits per heavy atom. The number of carbonyl (C=O) groups is 1. The number of likely N-dealkylation sites (N-methyl/N-ethyl adjacent to an activating group) is 1. The van der Waals surface area contributed by atoms with Crippen molar-refractivity contribution in [1.82, 2.24) is 0 Å². The number of methoxy groups -OCH3 is 2. The summed E-state index contributed by atoms with van der Waals surface area (Å²) >= 11 is 0. The molecule has 0 aliphatic heterocycles. The molecule has 0 spiro atoms. The average molecular weight is 405 g/mol. The second kappa shape index (κ2) is 8.47. The first-order valence-electron chi connectivity index (χ1n) is 9.80. The second-order valence-corrected chi connectivity index (χ2v) is 7.35. The van der Waals surface area contributed by atoms with Crippen molar-refractivity contribution in [3.05, 3.63) is 66.2 Å². The Morgan fingerprint density at radius 3 is 2.57 bits per heavy atom. The number of rotatable bonds is 7. The minimum atomic E-state index is -0.0490. The lowest BCUT2D eigenvalue weighted by Crippen LogP contribution is -3.08. The molecule has 3 aromatic carbocycles. The number of fused-ring (bicyclic) bond motifs is 3. The van der Waals surface area contributed by atoms with Crippen LogP contribution in [0.4, 0.5) is 5.69 Å². The maximum absolute atomic E-state index is 12.6. The molecular weight excluding hydrogens is 380 g/mol. The average Bonchev–Trinajstić information content (AvgIpc) is 3.12. The van der Waals surface area contributed by atoms with Crippen LogP contribution in [0.25, 0.3) is 21.9 Å². The lowest BCUT2D eigenvalue weighted by molar-refractivity contribution is -0.885. The SMILES string of the molecule is COc1ccc(C[NH+](C)CC(=O)Nc2ccc3oc4ccccc4c3c2)c(OC)c1. The van der Waals surface area contributed by atoms with E-state index in [1.54, 1.807) is 14.2 Å². The molecule has 6 nitrogen and oxygen atoms in total. The number of benzene rings is 3. The molecule has 0 bridgehead atoms. The zero-order valence-corrected chi connectivity index (χ0v) is 17.3. The van der Waals surface area contributed by atoms with Gasteiger partial charge in [-0.25, -0.2) is 0 Å². The Bertz CT molecular complexity index is 1200. The molecule has 0 radical (unpaired) electrons. The number of nitrogens with one attached hydrogen (secondary N) is 2. The normalized spacial score (nSPS) is 12.1. The molecule has 6 heteroatoms. The van der Waals surface area contributed by atoms with Gasteiger partial charge in [0.2, 0.25) is 0 Å². The number of ether oxygens (including phenoxy) is 2. The van der Waals surface area contributed by atoms with E-state index in [0.29, 0.717) is 13.1 Å². The Hall–Kier alpha value is -3.51. The number of hydrogen-bond donors (Lipinski definition) is 2. The van der Waals surface area contributed by atoms with E-state index >= 15 is 0 Å². The standard InChI is InChI=1S/C24H24N2O4/c1-26(14-16-8-10-18(28-2)13-23(16)29-3)15-24(27)25-17-9-11-22-20(12-17)19-6-4-5-7-21(19)30-22/h4-13H,14-15H2,1-3H3,(H,25,27)/p+1. The van der Waals surface area contributed by atoms with Crippen molar-refractivity contribution in [1.29, 1.82) is 0 Å². The van der Waals surface area contributed by atoms with Gasteiger partial charge in [-0.1, -0.05) is 18.2 Å². The molecule has 0 saturated heterocycles. The first kappa shape index (κ1) is 19.8. The number of carbonyl (C=O) groups excluding carboxylic acids is 1. The summed E-state index contributed by atoms with van der Waals surface area (Å²) in [5.41, 5.74) is 3.43. The fraction of sp³-hybridized carbons (Fsp3) is 0.208. The van der Waals surface area contributed by atoms with Gasteiger partial charge < -0.3 is 24.1 Å². The quantitative estimate of drug-likeness (QED) is 0.495. The summed E-state index contributed by atoms with van der Waals surface area (Å²) in [6.07, 6.45) is 0. The van der Waals surface area contributed by atoms with Gasteiger partial charge in [0, 0.05) is 28.1 Å². The largest absolute Gasteiger partial charge is 0.497 e. The summed E-state index contributed by atoms with van der Waals surface area (Å²) in [5.74, 6) is 1.45. The van der Waals surface area contributed by atoms with Crippen LogP contribution in [-0.2, 0) is 11.3 Å². The van der Waals surface area contributed by atoms with Gasteiger partial charge in [-0.15, -0.1) is 0 Å². The summed E-state index contributed by atoms with van der Waals surface area (Å²) < 4.78 is 16.5. The van der Waals surface area contributed by atoms with E-state index in [-0.39, 0.29) is 5.91 Å². The van der Waals surface area contributed by atoms with Gasteiger partial charge in [0.05, 0.1) is 21.3 Å². The minimum absolute atomic E-state index is 0.0490. The molecule has 0 saturated carbocycles. The Balaban J connectivity index is 1.43. The maximum Gasteiger partial charge on any atom is 0.279 e. The van der Waals surface area contributed by atoms with Crippen LogP contribution in [0.3, 0.4) is 0 Å². The summed E-state index contributed by atoms with van der Waals surface area (Å²) in [6, 6.07) is 19.3. The fourth-order valence-electron chi connectivity index (χ4n) is 3.67. The molecule has 1 amide bonds. The van der Waals surface area contributed by atoms with Crippen molar-refractivity contribution in [3.63, 3.8) is 0 Å². The van der Waals surface area contributed by atoms with Crippen molar-refractivity contribution in [2.75, 3.05) is 33.1 Å². The lowest BCUT2D eigenvalue weighted by Gasteiger charge is -2.16. The molecule has 1 aromatic heterocycles. The molecule has 1 unspecified atom stereocenters. The van der Waals surface area contributed by atoms with Gasteiger partial charge >= 0.3 is 0 Å². The molecule has 154 valence electrons. The van der Waals surface area contributed by atoms with Gasteiger partial charge in [0.1, 0.15) is 29.2 Å². The highest BCUT2D eigenvalue weighted by atomic mass is 16.5. The van der Waals surface area contributed by atoms with Crippen LogP contribution in [0.1, 0.15) is 5.56 Å². The van der Waals surface area contributed by atoms with Crippen LogP contribution in [0.15, 0.2) is 65.1 Å². The first-order chi connectivity index (χ1) is 14.6. The van der Waals surface area contributed by atoms with Crippen molar-refractivity contribution in [3.8, 4) is 11.5 Å². The molecule has 4 rings (SSSR count). The molecule has 0 aliphatic carbocycles. The highest BCUT2D eigenvalue weighted by Gasteiger charge is 2.15. The summed E-state index contributed by atoms with van der Waals surface area (Å²) in [7, 11) is 5.24. The predicted molar refractivity (Wildman–Crippen MR) is 117 cm³/mol. The predicted octanol–water partition coefficient (Wildman–Crippen LogP) is 3.26. The van der Waals surface area contributed by atoms with E-state index < -0.39 is 0 Å². The molecular formula is C24H25N2O4+. The fourth-order valence-corrected chi connectivity index (χ4v) is 3.67. The molecule has 1 atom stereocenters. The van der Waals surface area contributed by atoms with Crippen molar-refractivity contribution >= 4 is 33.5 Å². The Morgan fingerprint density at radius 2 is 1.77 bits per heavy atom. The lowest BCUT2D eigenvalue weighted by atomic mass is 10.1. The van der Waals surface area contributed by atoms with Gasteiger partial charge in [-0.2, -0.15) is 0 Å². The zero-order valence-electron chi connectivity index (χ0n) is 17.3. The smallest absolute Gasteiger partial charge is 0.279 e. The van der Waals surface area contributed by atoms with Gasteiger partial charge in [0.15, 0.2) is 6.54 Å². The van der Waals surface area contributed by atoms with E-state index in [1.807, 2.05) is 67.7 Å². The minimum Gasteiger partial charge on any atom is -0.497 e. The number of hydrogen-bond acceptors (Lipinski definition) is 4. The Labute approximate surface area is 175 Å². The van der Waals surface area contributed by atoms with E-state index in [2.05, 4.69) is 5.32 Å². The van der Waals surface area contributed by atoms with Crippen LogP contribution in [0.2, 0.25) is 0 Å². The second-order valence-electron chi connectivity index (χ2n) is 7.35. The third kappa shape index (κ3) is 4.09. The third-order valence-electron chi connectivity index (χ3n) is 5.11. The van der Waals surface area contributed by atoms with Crippen LogP contribution >= 0.6 is 0 Å². The highest BCUT2D eigenvalue weighted by molar-refractivity contribution is 6.06. The molecule has 30 heavy (non-hydrogen) atoms. The number of quaternary nitrogens is 1. The van der Waals surface area contributed by atoms with Crippen molar-refractivity contribution in [2.45, 2.75) is 6.54 Å². The van der Waals surface area contributed by atoms with Gasteiger partial charge in [-0.05, 0) is 36.4 Å². The van der Waals surface area contributed by atoms with E-state index in [9.17, 15) is 4.79 Å². The zero-order chi connectivity index (χ0) is 21.1. The molecule has 0 aliphatic rings. The number of para-hydroxylation sites is 1. The van der Waals surface area contributed by atoms with Crippen molar-refractivity contribution < 1.29 is 23.6 Å². The van der Waals surface area contributed by atoms with Crippen LogP contribution in [0.5, 0.6) is 11.5 Å². The molecule has 1 heterocycles. The highest BCUT2D eigenvalue weighted by Crippen LogP contribution is 2.30.